The zero-order chi connectivity index (χ0) is 16.2. The highest BCUT2D eigenvalue weighted by Gasteiger charge is 2.27. The van der Waals surface area contributed by atoms with Crippen LogP contribution in [-0.2, 0) is 25.7 Å². The Balaban J connectivity index is 1.42. The van der Waals surface area contributed by atoms with Crippen molar-refractivity contribution in [1.29, 1.82) is 0 Å². The molecule has 1 aromatic rings. The van der Waals surface area contributed by atoms with Crippen molar-refractivity contribution >= 4 is 17.7 Å². The van der Waals surface area contributed by atoms with Crippen LogP contribution in [0.15, 0.2) is 18.2 Å². The van der Waals surface area contributed by atoms with Gasteiger partial charge in [-0.2, -0.15) is 0 Å². The van der Waals surface area contributed by atoms with Gasteiger partial charge in [0.15, 0.2) is 11.5 Å². The number of nitrogens with one attached hydrogen (secondary N) is 2. The first-order valence-electron chi connectivity index (χ1n) is 7.21. The lowest BCUT2D eigenvalue weighted by Crippen LogP contribution is -2.52. The Morgan fingerprint density at radius 3 is 2.96 bits per heavy atom. The molecular weight excluding hydrogens is 304 g/mol. The van der Waals surface area contributed by atoms with Gasteiger partial charge < -0.3 is 19.5 Å². The van der Waals surface area contributed by atoms with E-state index in [9.17, 15) is 14.4 Å². The van der Waals surface area contributed by atoms with Crippen molar-refractivity contribution in [2.24, 2.45) is 0 Å². The second-order valence-electron chi connectivity index (χ2n) is 5.25. The first-order chi connectivity index (χ1) is 11.1. The monoisotopic (exact) mass is 320 g/mol. The van der Waals surface area contributed by atoms with Gasteiger partial charge in [-0.1, -0.05) is 6.07 Å². The second-order valence-corrected chi connectivity index (χ2v) is 5.25. The fourth-order valence-electron chi connectivity index (χ4n) is 2.36. The molecule has 8 nitrogen and oxygen atoms in total. The lowest BCUT2D eigenvalue weighted by Gasteiger charge is -2.21. The summed E-state index contributed by atoms with van der Waals surface area (Å²) in [5, 5.41) is 4.73. The van der Waals surface area contributed by atoms with Crippen LogP contribution in [0.5, 0.6) is 11.5 Å². The van der Waals surface area contributed by atoms with Gasteiger partial charge in [-0.3, -0.25) is 19.7 Å². The summed E-state index contributed by atoms with van der Waals surface area (Å²) in [6.45, 7) is 0.263. The molecule has 2 aliphatic rings. The first kappa shape index (κ1) is 15.3. The number of carbonyl (C=O) groups is 3. The van der Waals surface area contributed by atoms with Crippen LogP contribution in [0.25, 0.3) is 0 Å². The van der Waals surface area contributed by atoms with Crippen LogP contribution >= 0.6 is 0 Å². The van der Waals surface area contributed by atoms with Gasteiger partial charge in [0.05, 0.1) is 6.61 Å². The molecule has 1 aromatic carbocycles. The topological polar surface area (TPSA) is 103 Å². The van der Waals surface area contributed by atoms with E-state index in [-0.39, 0.29) is 32.3 Å². The van der Waals surface area contributed by atoms with Crippen LogP contribution in [0.3, 0.4) is 0 Å². The number of carbonyl (C=O) groups excluding carboxylic acids is 3. The van der Waals surface area contributed by atoms with Crippen molar-refractivity contribution < 1.29 is 28.6 Å². The molecule has 0 radical (unpaired) electrons. The molecule has 0 spiro atoms. The highest BCUT2D eigenvalue weighted by atomic mass is 16.7. The molecule has 0 aliphatic carbocycles. The number of hydrogen-bond donors (Lipinski definition) is 2. The minimum absolute atomic E-state index is 0.174. The molecule has 23 heavy (non-hydrogen) atoms. The van der Waals surface area contributed by atoms with Crippen molar-refractivity contribution in [3.8, 4) is 11.5 Å². The smallest absolute Gasteiger partial charge is 0.249 e. The Labute approximate surface area is 132 Å². The Morgan fingerprint density at radius 2 is 2.13 bits per heavy atom. The van der Waals surface area contributed by atoms with Gasteiger partial charge in [0, 0.05) is 6.42 Å². The number of piperidine rings is 1. The van der Waals surface area contributed by atoms with E-state index in [0.29, 0.717) is 17.9 Å². The van der Waals surface area contributed by atoms with Gasteiger partial charge >= 0.3 is 0 Å². The van der Waals surface area contributed by atoms with Crippen molar-refractivity contribution in [3.63, 3.8) is 0 Å². The normalized spacial score (nSPS) is 19.4. The second kappa shape index (κ2) is 6.66. The summed E-state index contributed by atoms with van der Waals surface area (Å²) in [7, 11) is 0. The quantitative estimate of drug-likeness (QED) is 0.732. The average Bonchev–Trinajstić information content (AvgIpc) is 2.98. The van der Waals surface area contributed by atoms with E-state index in [1.165, 1.54) is 0 Å². The molecule has 1 saturated heterocycles. The summed E-state index contributed by atoms with van der Waals surface area (Å²) in [5.41, 5.74) is 0.850. The zero-order valence-corrected chi connectivity index (χ0v) is 12.3. The number of imide groups is 1. The molecule has 3 rings (SSSR count). The Bertz CT molecular complexity index is 645. The molecular formula is C15H16N2O6. The third-order valence-electron chi connectivity index (χ3n) is 3.51. The number of benzene rings is 1. The van der Waals surface area contributed by atoms with Crippen LogP contribution in [0.2, 0.25) is 0 Å². The molecule has 0 saturated carbocycles. The minimum Gasteiger partial charge on any atom is -0.454 e. The predicted octanol–water partition coefficient (Wildman–Crippen LogP) is -0.147. The Hall–Kier alpha value is -2.61. The molecule has 2 N–H and O–H groups in total. The SMILES string of the molecule is O=C1CC[C@@H](NC(=O)COCc2ccc3c(c2)OCO3)C(=O)N1. The number of amides is 3. The van der Waals surface area contributed by atoms with Crippen molar-refractivity contribution in [1.82, 2.24) is 10.6 Å². The minimum atomic E-state index is -0.686. The van der Waals surface area contributed by atoms with Crippen LogP contribution in [0, 0.1) is 0 Å². The van der Waals surface area contributed by atoms with Crippen LogP contribution < -0.4 is 20.1 Å². The molecule has 8 heteroatoms. The summed E-state index contributed by atoms with van der Waals surface area (Å²) >= 11 is 0. The van der Waals surface area contributed by atoms with Gasteiger partial charge in [0.25, 0.3) is 0 Å². The molecule has 2 aliphatic heterocycles. The Kier molecular flexibility index (Phi) is 4.42. The van der Waals surface area contributed by atoms with E-state index in [2.05, 4.69) is 10.6 Å². The lowest BCUT2D eigenvalue weighted by atomic mass is 10.1. The maximum Gasteiger partial charge on any atom is 0.249 e. The maximum atomic E-state index is 11.8. The molecule has 122 valence electrons. The fourth-order valence-corrected chi connectivity index (χ4v) is 2.36. The molecule has 0 bridgehead atoms. The predicted molar refractivity (Wildman–Crippen MR) is 76.5 cm³/mol. The number of fused-ring (bicyclic) bond motifs is 1. The summed E-state index contributed by atoms with van der Waals surface area (Å²) in [6, 6.07) is 4.71. The highest BCUT2D eigenvalue weighted by Crippen LogP contribution is 2.32. The standard InChI is InChI=1S/C15H16N2O6/c18-13-4-2-10(15(20)17-13)16-14(19)7-21-6-9-1-3-11-12(5-9)23-8-22-11/h1,3,5,10H,2,4,6-8H2,(H,16,19)(H,17,18,20)/t10-/m1/s1. The third-order valence-corrected chi connectivity index (χ3v) is 3.51. The fraction of sp³-hybridized carbons (Fsp3) is 0.400. The van der Waals surface area contributed by atoms with E-state index in [0.717, 1.165) is 5.56 Å². The van der Waals surface area contributed by atoms with Gasteiger partial charge in [-0.05, 0) is 24.1 Å². The Morgan fingerprint density at radius 1 is 1.30 bits per heavy atom. The van der Waals surface area contributed by atoms with Gasteiger partial charge in [0.1, 0.15) is 12.6 Å². The number of ether oxygens (including phenoxy) is 3. The number of hydrogen-bond acceptors (Lipinski definition) is 6. The van der Waals surface area contributed by atoms with E-state index >= 15 is 0 Å². The molecule has 0 unspecified atom stereocenters. The van der Waals surface area contributed by atoms with Crippen LogP contribution in [0.1, 0.15) is 18.4 Å². The van der Waals surface area contributed by atoms with Crippen molar-refractivity contribution in [2.45, 2.75) is 25.5 Å². The molecule has 2 heterocycles. The summed E-state index contributed by atoms with van der Waals surface area (Å²) < 4.78 is 15.8. The third kappa shape index (κ3) is 3.78. The largest absolute Gasteiger partial charge is 0.454 e. The van der Waals surface area contributed by atoms with Crippen LogP contribution in [-0.4, -0.2) is 37.2 Å². The molecule has 0 aromatic heterocycles. The van der Waals surface area contributed by atoms with Crippen LogP contribution in [0.4, 0.5) is 0 Å². The summed E-state index contributed by atoms with van der Waals surface area (Å²) in [5.74, 6) is 0.133. The molecule has 1 atom stereocenters. The van der Waals surface area contributed by atoms with E-state index in [4.69, 9.17) is 14.2 Å². The van der Waals surface area contributed by atoms with Gasteiger partial charge in [-0.15, -0.1) is 0 Å². The van der Waals surface area contributed by atoms with Crippen molar-refractivity contribution in [3.05, 3.63) is 23.8 Å². The average molecular weight is 320 g/mol. The maximum absolute atomic E-state index is 11.8. The van der Waals surface area contributed by atoms with Crippen molar-refractivity contribution in [2.75, 3.05) is 13.4 Å². The van der Waals surface area contributed by atoms with Gasteiger partial charge in [0.2, 0.25) is 24.5 Å². The number of rotatable bonds is 5. The molecule has 1 fully saturated rings. The van der Waals surface area contributed by atoms with Gasteiger partial charge in [-0.25, -0.2) is 0 Å². The summed E-state index contributed by atoms with van der Waals surface area (Å²) in [4.78, 5) is 34.3. The van der Waals surface area contributed by atoms with E-state index in [1.54, 1.807) is 12.1 Å². The van der Waals surface area contributed by atoms with E-state index in [1.807, 2.05) is 6.07 Å². The highest BCUT2D eigenvalue weighted by molar-refractivity contribution is 6.01. The lowest BCUT2D eigenvalue weighted by molar-refractivity contribution is -0.138. The summed E-state index contributed by atoms with van der Waals surface area (Å²) in [6.07, 6.45) is 0.521. The van der Waals surface area contributed by atoms with E-state index < -0.39 is 17.9 Å². The zero-order valence-electron chi connectivity index (χ0n) is 12.3. The molecule has 3 amide bonds. The first-order valence-corrected chi connectivity index (χ1v) is 7.21.